The molecule has 18 heavy (non-hydrogen) atoms. The lowest BCUT2D eigenvalue weighted by Gasteiger charge is -2.38. The number of hydrogen-bond acceptors (Lipinski definition) is 2. The van der Waals surface area contributed by atoms with Gasteiger partial charge in [-0.1, -0.05) is 13.0 Å². The summed E-state index contributed by atoms with van der Waals surface area (Å²) in [5.74, 6) is 1.20. The molecule has 100 valence electrons. The molecule has 3 rings (SSSR count). The number of rotatable bonds is 0. The molecule has 1 aliphatic heterocycles. The molecular weight excluding hydrogens is 246 g/mol. The Hall–Kier alpha value is -0.730. The van der Waals surface area contributed by atoms with E-state index in [0.717, 1.165) is 5.92 Å². The molecule has 2 bridgehead atoms. The lowest BCUT2D eigenvalue weighted by atomic mass is 9.66. The molecule has 1 aromatic carbocycles. The Labute approximate surface area is 115 Å². The van der Waals surface area contributed by atoms with Crippen LogP contribution >= 0.6 is 12.4 Å². The molecule has 1 aromatic rings. The minimum absolute atomic E-state index is 0. The Kier molecular flexibility index (Phi) is 3.61. The van der Waals surface area contributed by atoms with Crippen LogP contribution in [-0.2, 0) is 11.8 Å². The monoisotopic (exact) mass is 267 g/mol. The van der Waals surface area contributed by atoms with E-state index in [1.165, 1.54) is 43.5 Å². The number of likely N-dealkylation sites (tertiary alicyclic amines) is 1. The molecule has 0 saturated carbocycles. The highest BCUT2D eigenvalue weighted by molar-refractivity contribution is 5.85. The first-order valence-corrected chi connectivity index (χ1v) is 6.58. The summed E-state index contributed by atoms with van der Waals surface area (Å²) in [6, 6.07) is 5.96. The second-order valence-electron chi connectivity index (χ2n) is 6.19. The average Bonchev–Trinajstić information content (AvgIpc) is 2.39. The van der Waals surface area contributed by atoms with Crippen LogP contribution in [0.15, 0.2) is 18.2 Å². The number of phenols is 1. The van der Waals surface area contributed by atoms with E-state index in [4.69, 9.17) is 0 Å². The van der Waals surface area contributed by atoms with Crippen LogP contribution in [-0.4, -0.2) is 30.1 Å². The van der Waals surface area contributed by atoms with Crippen molar-refractivity contribution in [2.45, 2.75) is 31.6 Å². The predicted molar refractivity (Wildman–Crippen MR) is 76.6 cm³/mol. The van der Waals surface area contributed by atoms with Gasteiger partial charge in [0.05, 0.1) is 0 Å². The zero-order valence-electron chi connectivity index (χ0n) is 11.1. The molecule has 1 heterocycles. The molecule has 0 aromatic heterocycles. The van der Waals surface area contributed by atoms with Gasteiger partial charge in [0.1, 0.15) is 5.75 Å². The number of benzene rings is 1. The highest BCUT2D eigenvalue weighted by Crippen LogP contribution is 2.45. The van der Waals surface area contributed by atoms with E-state index >= 15 is 0 Å². The molecule has 0 unspecified atom stereocenters. The molecule has 2 aliphatic rings. The summed E-state index contributed by atoms with van der Waals surface area (Å²) < 4.78 is 0. The normalized spacial score (nSPS) is 31.1. The summed E-state index contributed by atoms with van der Waals surface area (Å²) in [6.07, 6.45) is 3.65. The Morgan fingerprint density at radius 1 is 1.39 bits per heavy atom. The van der Waals surface area contributed by atoms with Gasteiger partial charge in [0.25, 0.3) is 0 Å². The summed E-state index contributed by atoms with van der Waals surface area (Å²) in [6.45, 7) is 4.76. The van der Waals surface area contributed by atoms with E-state index in [1.807, 2.05) is 12.1 Å². The number of nitrogens with zero attached hydrogens (tertiary/aromatic N) is 1. The second kappa shape index (κ2) is 4.75. The van der Waals surface area contributed by atoms with Gasteiger partial charge in [0.15, 0.2) is 0 Å². The van der Waals surface area contributed by atoms with Crippen molar-refractivity contribution in [3.05, 3.63) is 29.3 Å². The van der Waals surface area contributed by atoms with E-state index in [-0.39, 0.29) is 17.8 Å². The minimum atomic E-state index is 0. The summed E-state index contributed by atoms with van der Waals surface area (Å²) in [5, 5.41) is 9.71. The van der Waals surface area contributed by atoms with Crippen molar-refractivity contribution in [1.29, 1.82) is 0 Å². The second-order valence-corrected chi connectivity index (χ2v) is 6.19. The molecule has 1 N–H and O–H groups in total. The van der Waals surface area contributed by atoms with Gasteiger partial charge < -0.3 is 10.0 Å². The fraction of sp³-hybridized carbons (Fsp3) is 0.600. The molecular formula is C15H22ClNO. The van der Waals surface area contributed by atoms with Crippen molar-refractivity contribution >= 4 is 12.4 Å². The lowest BCUT2D eigenvalue weighted by molar-refractivity contribution is 0.289. The molecule has 1 fully saturated rings. The van der Waals surface area contributed by atoms with E-state index < -0.39 is 0 Å². The SMILES string of the molecule is CN1CC[C@]2(C)C[C@@H](Cc3ccc(O)cc32)C1.Cl. The van der Waals surface area contributed by atoms with E-state index in [1.54, 1.807) is 0 Å². The fourth-order valence-corrected chi connectivity index (χ4v) is 3.77. The third-order valence-electron chi connectivity index (χ3n) is 4.61. The Bertz CT molecular complexity index is 448. The van der Waals surface area contributed by atoms with Crippen molar-refractivity contribution in [3.8, 4) is 5.75 Å². The summed E-state index contributed by atoms with van der Waals surface area (Å²) in [4.78, 5) is 2.46. The van der Waals surface area contributed by atoms with Crippen molar-refractivity contribution in [1.82, 2.24) is 4.90 Å². The molecule has 3 heteroatoms. The molecule has 0 radical (unpaired) electrons. The summed E-state index contributed by atoms with van der Waals surface area (Å²) >= 11 is 0. The number of fused-ring (bicyclic) bond motifs is 4. The van der Waals surface area contributed by atoms with Crippen LogP contribution < -0.4 is 0 Å². The van der Waals surface area contributed by atoms with Gasteiger partial charge in [-0.15, -0.1) is 12.4 Å². The average molecular weight is 268 g/mol. The fourth-order valence-electron chi connectivity index (χ4n) is 3.77. The first kappa shape index (κ1) is 13.7. The van der Waals surface area contributed by atoms with E-state index in [0.29, 0.717) is 5.75 Å². The van der Waals surface area contributed by atoms with Crippen LogP contribution in [0, 0.1) is 5.92 Å². The Morgan fingerprint density at radius 3 is 2.94 bits per heavy atom. The first-order valence-electron chi connectivity index (χ1n) is 6.58. The van der Waals surface area contributed by atoms with Gasteiger partial charge >= 0.3 is 0 Å². The van der Waals surface area contributed by atoms with E-state index in [2.05, 4.69) is 24.9 Å². The molecule has 2 atom stereocenters. The summed E-state index contributed by atoms with van der Waals surface area (Å²) in [7, 11) is 2.23. The van der Waals surface area contributed by atoms with Crippen LogP contribution in [0.4, 0.5) is 0 Å². The summed E-state index contributed by atoms with van der Waals surface area (Å²) in [5.41, 5.74) is 3.11. The van der Waals surface area contributed by atoms with Crippen LogP contribution in [0.1, 0.15) is 30.9 Å². The molecule has 0 spiro atoms. The maximum atomic E-state index is 9.71. The lowest BCUT2D eigenvalue weighted by Crippen LogP contribution is -2.32. The smallest absolute Gasteiger partial charge is 0.115 e. The maximum Gasteiger partial charge on any atom is 0.115 e. The van der Waals surface area contributed by atoms with Gasteiger partial charge in [-0.05, 0) is 67.4 Å². The van der Waals surface area contributed by atoms with Crippen molar-refractivity contribution in [2.75, 3.05) is 20.1 Å². The van der Waals surface area contributed by atoms with Gasteiger partial charge in [0.2, 0.25) is 0 Å². The van der Waals surface area contributed by atoms with E-state index in [9.17, 15) is 5.11 Å². The minimum Gasteiger partial charge on any atom is -0.508 e. The first-order chi connectivity index (χ1) is 8.07. The number of aromatic hydroxyl groups is 1. The Morgan fingerprint density at radius 2 is 2.17 bits per heavy atom. The highest BCUT2D eigenvalue weighted by Gasteiger charge is 2.39. The zero-order chi connectivity index (χ0) is 12.0. The third kappa shape index (κ3) is 2.24. The Balaban J connectivity index is 0.00000120. The quantitative estimate of drug-likeness (QED) is 0.781. The number of phenolic OH excluding ortho intramolecular Hbond substituents is 1. The molecule has 2 nitrogen and oxygen atoms in total. The topological polar surface area (TPSA) is 23.5 Å². The van der Waals surface area contributed by atoms with Crippen molar-refractivity contribution < 1.29 is 5.11 Å². The maximum absolute atomic E-state index is 9.71. The molecule has 1 saturated heterocycles. The van der Waals surface area contributed by atoms with Gasteiger partial charge in [0, 0.05) is 6.54 Å². The van der Waals surface area contributed by atoms with Crippen LogP contribution in [0.25, 0.3) is 0 Å². The van der Waals surface area contributed by atoms with Gasteiger partial charge in [-0.3, -0.25) is 0 Å². The van der Waals surface area contributed by atoms with Crippen LogP contribution in [0.2, 0.25) is 0 Å². The van der Waals surface area contributed by atoms with Crippen LogP contribution in [0.3, 0.4) is 0 Å². The molecule has 1 aliphatic carbocycles. The molecule has 0 amide bonds. The number of hydrogen-bond donors (Lipinski definition) is 1. The predicted octanol–water partition coefficient (Wildman–Crippen LogP) is 2.97. The van der Waals surface area contributed by atoms with Gasteiger partial charge in [-0.25, -0.2) is 0 Å². The van der Waals surface area contributed by atoms with Gasteiger partial charge in [-0.2, -0.15) is 0 Å². The standard InChI is InChI=1S/C15H21NO.ClH/c1-15-5-6-16(2)10-11(9-15)7-12-3-4-13(17)8-14(12)15;/h3-4,8,11,17H,5-7,9-10H2,1-2H3;1H/t11-,15-;/m1./s1. The van der Waals surface area contributed by atoms with Crippen LogP contribution in [0.5, 0.6) is 5.75 Å². The van der Waals surface area contributed by atoms with Crippen molar-refractivity contribution in [2.24, 2.45) is 5.92 Å². The zero-order valence-corrected chi connectivity index (χ0v) is 12.0. The largest absolute Gasteiger partial charge is 0.508 e. The van der Waals surface area contributed by atoms with Crippen molar-refractivity contribution in [3.63, 3.8) is 0 Å². The number of halogens is 1. The highest BCUT2D eigenvalue weighted by atomic mass is 35.5. The third-order valence-corrected chi connectivity index (χ3v) is 4.61.